The standard InChI is InChI=1S/C10H7Cl2NS/c11-9-5-6(13)1-2-7(9)8-3-4-14-10(8)12/h1-5H,13H2. The summed E-state index contributed by atoms with van der Waals surface area (Å²) >= 11 is 13.6. The number of hydrogen-bond donors (Lipinski definition) is 1. The minimum atomic E-state index is 0.630. The zero-order valence-corrected chi connectivity index (χ0v) is 9.46. The number of benzene rings is 1. The number of halogens is 2. The van der Waals surface area contributed by atoms with Crippen molar-refractivity contribution in [1.82, 2.24) is 0 Å². The highest BCUT2D eigenvalue weighted by atomic mass is 35.5. The van der Waals surface area contributed by atoms with Gasteiger partial charge in [0, 0.05) is 16.8 Å². The topological polar surface area (TPSA) is 26.0 Å². The Morgan fingerprint density at radius 1 is 1.07 bits per heavy atom. The fourth-order valence-electron chi connectivity index (χ4n) is 1.24. The van der Waals surface area contributed by atoms with Crippen LogP contribution in [0.2, 0.25) is 9.36 Å². The van der Waals surface area contributed by atoms with Gasteiger partial charge >= 0.3 is 0 Å². The van der Waals surface area contributed by atoms with Gasteiger partial charge in [-0.1, -0.05) is 29.3 Å². The van der Waals surface area contributed by atoms with Crippen LogP contribution in [0, 0.1) is 0 Å². The van der Waals surface area contributed by atoms with Gasteiger partial charge in [-0.3, -0.25) is 0 Å². The van der Waals surface area contributed by atoms with Gasteiger partial charge in [0.25, 0.3) is 0 Å². The highest BCUT2D eigenvalue weighted by Crippen LogP contribution is 2.37. The van der Waals surface area contributed by atoms with Crippen molar-refractivity contribution < 1.29 is 0 Å². The van der Waals surface area contributed by atoms with E-state index >= 15 is 0 Å². The van der Waals surface area contributed by atoms with Gasteiger partial charge in [0.1, 0.15) is 4.34 Å². The van der Waals surface area contributed by atoms with E-state index in [-0.39, 0.29) is 0 Å². The molecule has 0 unspecified atom stereocenters. The molecule has 0 spiro atoms. The van der Waals surface area contributed by atoms with Gasteiger partial charge in [0.2, 0.25) is 0 Å². The summed E-state index contributed by atoms with van der Waals surface area (Å²) in [7, 11) is 0. The minimum Gasteiger partial charge on any atom is -0.399 e. The summed E-state index contributed by atoms with van der Waals surface area (Å²) in [6.07, 6.45) is 0. The van der Waals surface area contributed by atoms with Crippen molar-refractivity contribution in [3.8, 4) is 11.1 Å². The molecule has 2 aromatic rings. The molecule has 0 amide bonds. The molecule has 0 atom stereocenters. The van der Waals surface area contributed by atoms with Crippen LogP contribution in [0.15, 0.2) is 29.6 Å². The first-order chi connectivity index (χ1) is 6.68. The smallest absolute Gasteiger partial charge is 0.101 e. The van der Waals surface area contributed by atoms with Crippen LogP contribution in [0.5, 0.6) is 0 Å². The summed E-state index contributed by atoms with van der Waals surface area (Å²) in [5.74, 6) is 0. The minimum absolute atomic E-state index is 0.630. The third-order valence-electron chi connectivity index (χ3n) is 1.90. The highest BCUT2D eigenvalue weighted by Gasteiger charge is 2.08. The summed E-state index contributed by atoms with van der Waals surface area (Å²) in [6, 6.07) is 7.37. The average molecular weight is 244 g/mol. The quantitative estimate of drug-likeness (QED) is 0.743. The molecule has 0 aliphatic rings. The third kappa shape index (κ3) is 1.73. The molecule has 0 saturated heterocycles. The molecule has 2 rings (SSSR count). The molecule has 0 radical (unpaired) electrons. The summed E-state index contributed by atoms with van der Waals surface area (Å²) in [6.45, 7) is 0. The second kappa shape index (κ2) is 3.81. The van der Waals surface area contributed by atoms with E-state index in [0.717, 1.165) is 15.5 Å². The molecule has 1 aromatic carbocycles. The average Bonchev–Trinajstić information content (AvgIpc) is 2.52. The van der Waals surface area contributed by atoms with Crippen LogP contribution in [-0.2, 0) is 0 Å². The zero-order valence-electron chi connectivity index (χ0n) is 7.13. The van der Waals surface area contributed by atoms with Crippen LogP contribution in [0.1, 0.15) is 0 Å². The molecule has 0 saturated carbocycles. The van der Waals surface area contributed by atoms with Crippen molar-refractivity contribution in [2.75, 3.05) is 5.73 Å². The van der Waals surface area contributed by atoms with Crippen molar-refractivity contribution in [2.24, 2.45) is 0 Å². The highest BCUT2D eigenvalue weighted by molar-refractivity contribution is 7.15. The molecule has 1 aromatic heterocycles. The molecule has 0 bridgehead atoms. The fraction of sp³-hybridized carbons (Fsp3) is 0. The number of anilines is 1. The van der Waals surface area contributed by atoms with Gasteiger partial charge in [0.05, 0.1) is 5.02 Å². The van der Waals surface area contributed by atoms with Crippen LogP contribution < -0.4 is 5.73 Å². The summed E-state index contributed by atoms with van der Waals surface area (Å²) in [5, 5.41) is 2.56. The molecule has 0 aliphatic carbocycles. The van der Waals surface area contributed by atoms with Crippen molar-refractivity contribution in [3.63, 3.8) is 0 Å². The monoisotopic (exact) mass is 243 g/mol. The molecular weight excluding hydrogens is 237 g/mol. The van der Waals surface area contributed by atoms with Crippen LogP contribution >= 0.6 is 34.5 Å². The number of rotatable bonds is 1. The van der Waals surface area contributed by atoms with E-state index in [1.807, 2.05) is 23.6 Å². The van der Waals surface area contributed by atoms with Crippen LogP contribution in [-0.4, -0.2) is 0 Å². The maximum absolute atomic E-state index is 6.06. The lowest BCUT2D eigenvalue weighted by molar-refractivity contribution is 1.66. The van der Waals surface area contributed by atoms with Gasteiger partial charge in [-0.25, -0.2) is 0 Å². The van der Waals surface area contributed by atoms with E-state index in [1.165, 1.54) is 11.3 Å². The van der Waals surface area contributed by atoms with E-state index in [2.05, 4.69) is 0 Å². The Hall–Kier alpha value is -0.700. The Morgan fingerprint density at radius 3 is 2.43 bits per heavy atom. The second-order valence-electron chi connectivity index (χ2n) is 2.85. The maximum Gasteiger partial charge on any atom is 0.101 e. The predicted molar refractivity (Wildman–Crippen MR) is 64.2 cm³/mol. The first-order valence-electron chi connectivity index (χ1n) is 3.97. The second-order valence-corrected chi connectivity index (χ2v) is 4.77. The van der Waals surface area contributed by atoms with Crippen molar-refractivity contribution in [2.45, 2.75) is 0 Å². The van der Waals surface area contributed by atoms with E-state index in [9.17, 15) is 0 Å². The molecular formula is C10H7Cl2NS. The van der Waals surface area contributed by atoms with Gasteiger partial charge in [-0.2, -0.15) is 0 Å². The first kappa shape index (κ1) is 9.84. The molecule has 14 heavy (non-hydrogen) atoms. The van der Waals surface area contributed by atoms with Crippen molar-refractivity contribution in [3.05, 3.63) is 39.0 Å². The van der Waals surface area contributed by atoms with Crippen LogP contribution in [0.3, 0.4) is 0 Å². The molecule has 1 heterocycles. The fourth-order valence-corrected chi connectivity index (χ4v) is 2.47. The predicted octanol–water partition coefficient (Wildman–Crippen LogP) is 4.30. The first-order valence-corrected chi connectivity index (χ1v) is 5.60. The lowest BCUT2D eigenvalue weighted by Crippen LogP contribution is -1.85. The lowest BCUT2D eigenvalue weighted by atomic mass is 10.1. The Bertz CT molecular complexity index is 465. The summed E-state index contributed by atoms with van der Waals surface area (Å²) in [5.41, 5.74) is 8.14. The molecule has 2 N–H and O–H groups in total. The summed E-state index contributed by atoms with van der Waals surface area (Å²) in [4.78, 5) is 0. The Balaban J connectivity index is 2.58. The SMILES string of the molecule is Nc1ccc(-c2ccsc2Cl)c(Cl)c1. The summed E-state index contributed by atoms with van der Waals surface area (Å²) < 4.78 is 0.747. The number of nitrogen functional groups attached to an aromatic ring is 1. The molecule has 0 aliphatic heterocycles. The number of nitrogens with two attached hydrogens (primary N) is 1. The third-order valence-corrected chi connectivity index (χ3v) is 3.38. The largest absolute Gasteiger partial charge is 0.399 e. The normalized spacial score (nSPS) is 10.4. The van der Waals surface area contributed by atoms with E-state index in [0.29, 0.717) is 10.7 Å². The number of hydrogen-bond acceptors (Lipinski definition) is 2. The Morgan fingerprint density at radius 2 is 1.86 bits per heavy atom. The number of thiophene rings is 1. The van der Waals surface area contributed by atoms with E-state index in [4.69, 9.17) is 28.9 Å². The van der Waals surface area contributed by atoms with Crippen LogP contribution in [0.4, 0.5) is 5.69 Å². The molecule has 0 fully saturated rings. The van der Waals surface area contributed by atoms with Crippen LogP contribution in [0.25, 0.3) is 11.1 Å². The van der Waals surface area contributed by atoms with Crippen molar-refractivity contribution >= 4 is 40.2 Å². The lowest BCUT2D eigenvalue weighted by Gasteiger charge is -2.03. The van der Waals surface area contributed by atoms with E-state index in [1.54, 1.807) is 6.07 Å². The van der Waals surface area contributed by atoms with Gasteiger partial charge in [0.15, 0.2) is 0 Å². The molecule has 1 nitrogen and oxygen atoms in total. The van der Waals surface area contributed by atoms with Gasteiger partial charge in [-0.15, -0.1) is 11.3 Å². The molecule has 72 valence electrons. The maximum atomic E-state index is 6.06. The van der Waals surface area contributed by atoms with Crippen molar-refractivity contribution in [1.29, 1.82) is 0 Å². The zero-order chi connectivity index (χ0) is 10.1. The Labute approximate surface area is 96.1 Å². The van der Waals surface area contributed by atoms with Gasteiger partial charge in [-0.05, 0) is 23.6 Å². The van der Waals surface area contributed by atoms with Gasteiger partial charge < -0.3 is 5.73 Å². The van der Waals surface area contributed by atoms with E-state index < -0.39 is 0 Å². The Kier molecular flexibility index (Phi) is 2.68. The molecule has 4 heteroatoms.